The Hall–Kier alpha value is -3.08. The Balaban J connectivity index is 2.33. The van der Waals surface area contributed by atoms with Crippen LogP contribution in [0, 0.1) is 0 Å². The van der Waals surface area contributed by atoms with Gasteiger partial charge in [0.05, 0.1) is 7.11 Å². The van der Waals surface area contributed by atoms with Crippen molar-refractivity contribution in [3.8, 4) is 5.75 Å². The fourth-order valence-corrected chi connectivity index (χ4v) is 2.14. The van der Waals surface area contributed by atoms with E-state index in [2.05, 4.69) is 10.6 Å². The summed E-state index contributed by atoms with van der Waals surface area (Å²) in [5.41, 5.74) is 1.34. The topological polar surface area (TPSA) is 67.4 Å². The Kier molecular flexibility index (Phi) is 6.14. The molecule has 0 aromatic heterocycles. The molecule has 0 saturated carbocycles. The number of carbonyl (C=O) groups excluding carboxylic acids is 2. The van der Waals surface area contributed by atoms with Gasteiger partial charge in [-0.25, -0.2) is 0 Å². The molecule has 2 aromatic carbocycles. The van der Waals surface area contributed by atoms with Gasteiger partial charge in [0, 0.05) is 17.7 Å². The van der Waals surface area contributed by atoms with Crippen molar-refractivity contribution in [1.29, 1.82) is 0 Å². The van der Waals surface area contributed by atoms with Gasteiger partial charge in [0.15, 0.2) is 0 Å². The Bertz CT molecular complexity index is 739. The number of likely N-dealkylation sites (N-methyl/N-ethyl adjacent to an activating group) is 1. The second-order valence-electron chi connectivity index (χ2n) is 4.98. The molecule has 0 aliphatic rings. The second-order valence-corrected chi connectivity index (χ2v) is 4.98. The maximum atomic E-state index is 12.3. The monoisotopic (exact) mass is 324 g/mol. The van der Waals surface area contributed by atoms with Crippen molar-refractivity contribution in [2.45, 2.75) is 6.92 Å². The molecule has 0 heterocycles. The van der Waals surface area contributed by atoms with E-state index < -0.39 is 0 Å². The summed E-state index contributed by atoms with van der Waals surface area (Å²) in [6.45, 7) is 2.28. The normalized spacial score (nSPS) is 10.8. The number of para-hydroxylation sites is 1. The number of ether oxygens (including phenoxy) is 1. The molecule has 24 heavy (non-hydrogen) atoms. The summed E-state index contributed by atoms with van der Waals surface area (Å²) in [5, 5.41) is 5.37. The smallest absolute Gasteiger partial charge is 0.267 e. The first-order valence-electron chi connectivity index (χ1n) is 7.65. The van der Waals surface area contributed by atoms with Gasteiger partial charge in [-0.3, -0.25) is 9.59 Å². The van der Waals surface area contributed by atoms with E-state index in [0.29, 0.717) is 23.4 Å². The summed E-state index contributed by atoms with van der Waals surface area (Å²) in [6, 6.07) is 16.0. The molecule has 5 nitrogen and oxygen atoms in total. The summed E-state index contributed by atoms with van der Waals surface area (Å²) in [4.78, 5) is 24.6. The van der Waals surface area contributed by atoms with Crippen molar-refractivity contribution in [2.24, 2.45) is 0 Å². The van der Waals surface area contributed by atoms with E-state index in [1.807, 2.05) is 31.2 Å². The fourth-order valence-electron chi connectivity index (χ4n) is 2.14. The highest BCUT2D eigenvalue weighted by molar-refractivity contribution is 6.05. The fraction of sp³-hybridized carbons (Fsp3) is 0.158. The van der Waals surface area contributed by atoms with Crippen molar-refractivity contribution in [1.82, 2.24) is 10.6 Å². The van der Waals surface area contributed by atoms with E-state index in [1.54, 1.807) is 43.5 Å². The first-order chi connectivity index (χ1) is 11.7. The minimum Gasteiger partial charge on any atom is -0.496 e. The van der Waals surface area contributed by atoms with Crippen LogP contribution in [0.1, 0.15) is 22.8 Å². The first-order valence-corrected chi connectivity index (χ1v) is 7.65. The van der Waals surface area contributed by atoms with Crippen molar-refractivity contribution >= 4 is 17.9 Å². The number of benzene rings is 2. The average molecular weight is 324 g/mol. The van der Waals surface area contributed by atoms with Gasteiger partial charge in [-0.15, -0.1) is 0 Å². The Morgan fingerprint density at radius 2 is 1.71 bits per heavy atom. The molecule has 0 aliphatic carbocycles. The molecule has 0 radical (unpaired) electrons. The molecule has 2 amide bonds. The minimum atomic E-state index is -0.354. The number of rotatable bonds is 6. The van der Waals surface area contributed by atoms with Crippen LogP contribution in [0.2, 0.25) is 0 Å². The predicted molar refractivity (Wildman–Crippen MR) is 93.6 cm³/mol. The second kappa shape index (κ2) is 8.53. The van der Waals surface area contributed by atoms with Gasteiger partial charge in [0.2, 0.25) is 0 Å². The number of amides is 2. The van der Waals surface area contributed by atoms with Gasteiger partial charge in [-0.1, -0.05) is 36.4 Å². The summed E-state index contributed by atoms with van der Waals surface area (Å²) >= 11 is 0. The highest BCUT2D eigenvalue weighted by Gasteiger charge is 2.14. The lowest BCUT2D eigenvalue weighted by Gasteiger charge is -2.11. The number of methoxy groups -OCH3 is 1. The van der Waals surface area contributed by atoms with Crippen LogP contribution in [0.3, 0.4) is 0 Å². The molecule has 2 aromatic rings. The molecule has 0 spiro atoms. The van der Waals surface area contributed by atoms with Crippen molar-refractivity contribution < 1.29 is 14.3 Å². The summed E-state index contributed by atoms with van der Waals surface area (Å²) in [5.74, 6) is -0.0797. The number of nitrogens with one attached hydrogen (secondary N) is 2. The number of carbonyl (C=O) groups is 2. The lowest BCUT2D eigenvalue weighted by Crippen LogP contribution is -2.34. The zero-order valence-corrected chi connectivity index (χ0v) is 13.7. The van der Waals surface area contributed by atoms with Gasteiger partial charge in [-0.2, -0.15) is 0 Å². The van der Waals surface area contributed by atoms with E-state index in [4.69, 9.17) is 4.74 Å². The third kappa shape index (κ3) is 4.46. The zero-order valence-electron chi connectivity index (χ0n) is 13.7. The largest absolute Gasteiger partial charge is 0.496 e. The molecule has 2 rings (SSSR count). The minimum absolute atomic E-state index is 0.162. The quantitative estimate of drug-likeness (QED) is 0.803. The van der Waals surface area contributed by atoms with Crippen molar-refractivity contribution in [3.63, 3.8) is 0 Å². The molecule has 0 bridgehead atoms. The van der Waals surface area contributed by atoms with Crippen LogP contribution in [-0.2, 0) is 4.79 Å². The number of hydrogen-bond acceptors (Lipinski definition) is 3. The SMILES string of the molecule is CCNC(=O)/C(=C/c1ccccc1OC)NC(=O)c1ccccc1. The predicted octanol–water partition coefficient (Wildman–Crippen LogP) is 2.60. The molecule has 2 N–H and O–H groups in total. The molecule has 0 unspecified atom stereocenters. The van der Waals surface area contributed by atoms with Crippen molar-refractivity contribution in [2.75, 3.05) is 13.7 Å². The van der Waals surface area contributed by atoms with Gasteiger partial charge in [0.1, 0.15) is 11.4 Å². The van der Waals surface area contributed by atoms with Gasteiger partial charge in [0.25, 0.3) is 11.8 Å². The zero-order chi connectivity index (χ0) is 17.4. The molecule has 124 valence electrons. The highest BCUT2D eigenvalue weighted by Crippen LogP contribution is 2.20. The van der Waals surface area contributed by atoms with Crippen LogP contribution in [0.4, 0.5) is 0 Å². The van der Waals surface area contributed by atoms with E-state index in [0.717, 1.165) is 0 Å². The van der Waals surface area contributed by atoms with Gasteiger partial charge >= 0.3 is 0 Å². The van der Waals surface area contributed by atoms with E-state index in [9.17, 15) is 9.59 Å². The van der Waals surface area contributed by atoms with E-state index >= 15 is 0 Å². The standard InChI is InChI=1S/C19H20N2O3/c1-3-20-19(23)16(13-15-11-7-8-12-17(15)24-2)21-18(22)14-9-5-4-6-10-14/h4-13H,3H2,1-2H3,(H,20,23)(H,21,22)/b16-13-. The Labute approximate surface area is 141 Å². The number of hydrogen-bond donors (Lipinski definition) is 2. The molecule has 0 atom stereocenters. The third-order valence-corrected chi connectivity index (χ3v) is 3.30. The highest BCUT2D eigenvalue weighted by atomic mass is 16.5. The molecule has 0 fully saturated rings. The molecular formula is C19H20N2O3. The van der Waals surface area contributed by atoms with Crippen LogP contribution in [-0.4, -0.2) is 25.5 Å². The maximum absolute atomic E-state index is 12.3. The average Bonchev–Trinajstić information content (AvgIpc) is 2.62. The van der Waals surface area contributed by atoms with Gasteiger partial charge in [-0.05, 0) is 31.2 Å². The molecule has 0 saturated heterocycles. The van der Waals surface area contributed by atoms with E-state index in [1.165, 1.54) is 0 Å². The van der Waals surface area contributed by atoms with Crippen LogP contribution in [0.15, 0.2) is 60.3 Å². The van der Waals surface area contributed by atoms with Crippen LogP contribution in [0.25, 0.3) is 6.08 Å². The van der Waals surface area contributed by atoms with Crippen LogP contribution < -0.4 is 15.4 Å². The van der Waals surface area contributed by atoms with E-state index in [-0.39, 0.29) is 17.5 Å². The maximum Gasteiger partial charge on any atom is 0.267 e. The van der Waals surface area contributed by atoms with Crippen LogP contribution >= 0.6 is 0 Å². The lowest BCUT2D eigenvalue weighted by molar-refractivity contribution is -0.117. The summed E-state index contributed by atoms with van der Waals surface area (Å²) < 4.78 is 5.29. The van der Waals surface area contributed by atoms with Crippen LogP contribution in [0.5, 0.6) is 5.75 Å². The summed E-state index contributed by atoms with van der Waals surface area (Å²) in [6.07, 6.45) is 1.60. The third-order valence-electron chi connectivity index (χ3n) is 3.30. The lowest BCUT2D eigenvalue weighted by atomic mass is 10.1. The molecule has 5 heteroatoms. The Morgan fingerprint density at radius 3 is 2.38 bits per heavy atom. The van der Waals surface area contributed by atoms with Gasteiger partial charge < -0.3 is 15.4 Å². The molecular weight excluding hydrogens is 304 g/mol. The molecule has 0 aliphatic heterocycles. The first kappa shape index (κ1) is 17.3. The summed E-state index contributed by atoms with van der Waals surface area (Å²) in [7, 11) is 1.56. The van der Waals surface area contributed by atoms with Crippen molar-refractivity contribution in [3.05, 3.63) is 71.4 Å². The Morgan fingerprint density at radius 1 is 1.04 bits per heavy atom.